The van der Waals surface area contributed by atoms with Gasteiger partial charge in [0.1, 0.15) is 0 Å². The van der Waals surface area contributed by atoms with Crippen LogP contribution < -0.4 is 5.32 Å². The van der Waals surface area contributed by atoms with E-state index in [4.69, 9.17) is 11.6 Å². The van der Waals surface area contributed by atoms with Crippen LogP contribution in [0.3, 0.4) is 0 Å². The molecule has 0 fully saturated rings. The van der Waals surface area contributed by atoms with Gasteiger partial charge in [-0.2, -0.15) is 18.3 Å². The molecule has 0 bridgehead atoms. The Morgan fingerprint density at radius 2 is 2.10 bits per heavy atom. The van der Waals surface area contributed by atoms with Crippen LogP contribution in [0.4, 0.5) is 18.9 Å². The summed E-state index contributed by atoms with van der Waals surface area (Å²) >= 11 is 5.80. The number of benzene rings is 1. The molecule has 4 nitrogen and oxygen atoms in total. The van der Waals surface area contributed by atoms with Gasteiger partial charge in [0.25, 0.3) is 5.91 Å². The molecule has 0 atom stereocenters. The molecule has 2 aromatic rings. The minimum Gasteiger partial charge on any atom is -0.319 e. The number of amides is 1. The van der Waals surface area contributed by atoms with Crippen LogP contribution in [-0.4, -0.2) is 15.7 Å². The number of carbonyl (C=O) groups excluding carboxylic acids is 1. The van der Waals surface area contributed by atoms with Crippen molar-refractivity contribution in [3.8, 4) is 0 Å². The predicted octanol–water partition coefficient (Wildman–Crippen LogP) is 3.83. The molecular weight excluding hydrogens is 307 g/mol. The van der Waals surface area contributed by atoms with Crippen molar-refractivity contribution < 1.29 is 18.0 Å². The Labute approximate surface area is 123 Å². The molecule has 1 amide bonds. The maximum Gasteiger partial charge on any atom is 0.416 e. The van der Waals surface area contributed by atoms with Crippen molar-refractivity contribution in [1.82, 2.24) is 9.78 Å². The summed E-state index contributed by atoms with van der Waals surface area (Å²) in [5, 5.41) is 6.31. The lowest BCUT2D eigenvalue weighted by molar-refractivity contribution is -0.137. The summed E-state index contributed by atoms with van der Waals surface area (Å²) in [5.41, 5.74) is -0.894. The van der Waals surface area contributed by atoms with Crippen LogP contribution in [0.15, 0.2) is 30.5 Å². The van der Waals surface area contributed by atoms with Crippen LogP contribution in [0.25, 0.3) is 0 Å². The molecule has 0 saturated carbocycles. The highest BCUT2D eigenvalue weighted by molar-refractivity contribution is 6.33. The average Bonchev–Trinajstić information content (AvgIpc) is 2.88. The third-order valence-electron chi connectivity index (χ3n) is 2.74. The van der Waals surface area contributed by atoms with Gasteiger partial charge >= 0.3 is 6.18 Å². The number of nitrogens with zero attached hydrogens (tertiary/aromatic N) is 2. The van der Waals surface area contributed by atoms with Crippen LogP contribution in [0, 0.1) is 0 Å². The SMILES string of the molecule is CCn1ccc(C(=O)Nc2cc(C(F)(F)F)ccc2Cl)n1. The summed E-state index contributed by atoms with van der Waals surface area (Å²) in [4.78, 5) is 11.9. The summed E-state index contributed by atoms with van der Waals surface area (Å²) in [5.74, 6) is -0.622. The van der Waals surface area contributed by atoms with Gasteiger partial charge in [-0.05, 0) is 31.2 Å². The summed E-state index contributed by atoms with van der Waals surface area (Å²) < 4.78 is 39.4. The highest BCUT2D eigenvalue weighted by Gasteiger charge is 2.31. The summed E-state index contributed by atoms with van der Waals surface area (Å²) in [6, 6.07) is 4.20. The highest BCUT2D eigenvalue weighted by Crippen LogP contribution is 2.33. The lowest BCUT2D eigenvalue weighted by Gasteiger charge is -2.11. The van der Waals surface area contributed by atoms with Gasteiger partial charge in [-0.15, -0.1) is 0 Å². The molecule has 0 unspecified atom stereocenters. The molecule has 112 valence electrons. The minimum absolute atomic E-state index is 0.0197. The summed E-state index contributed by atoms with van der Waals surface area (Å²) in [6.07, 6.45) is -2.91. The van der Waals surface area contributed by atoms with Crippen molar-refractivity contribution in [3.05, 3.63) is 46.7 Å². The molecule has 1 aromatic heterocycles. The Bertz CT molecular complexity index is 667. The van der Waals surface area contributed by atoms with Crippen molar-refractivity contribution in [1.29, 1.82) is 0 Å². The Morgan fingerprint density at radius 3 is 2.67 bits per heavy atom. The van der Waals surface area contributed by atoms with Crippen molar-refractivity contribution in [2.45, 2.75) is 19.6 Å². The second-order valence-corrected chi connectivity index (χ2v) is 4.61. The van der Waals surface area contributed by atoms with E-state index >= 15 is 0 Å². The van der Waals surface area contributed by atoms with E-state index < -0.39 is 17.6 Å². The number of nitrogens with one attached hydrogen (secondary N) is 1. The molecule has 0 aliphatic heterocycles. The zero-order chi connectivity index (χ0) is 15.6. The predicted molar refractivity (Wildman–Crippen MR) is 72.3 cm³/mol. The Kier molecular flexibility index (Phi) is 4.22. The van der Waals surface area contributed by atoms with Crippen LogP contribution in [0.2, 0.25) is 5.02 Å². The van der Waals surface area contributed by atoms with Crippen molar-refractivity contribution in [2.24, 2.45) is 0 Å². The van der Waals surface area contributed by atoms with Gasteiger partial charge in [0.2, 0.25) is 0 Å². The van der Waals surface area contributed by atoms with Gasteiger partial charge in [0.05, 0.1) is 16.3 Å². The van der Waals surface area contributed by atoms with E-state index in [9.17, 15) is 18.0 Å². The van der Waals surface area contributed by atoms with Gasteiger partial charge in [0.15, 0.2) is 5.69 Å². The zero-order valence-electron chi connectivity index (χ0n) is 10.9. The number of hydrogen-bond acceptors (Lipinski definition) is 2. The Hall–Kier alpha value is -2.02. The fourth-order valence-electron chi connectivity index (χ4n) is 1.64. The smallest absolute Gasteiger partial charge is 0.319 e. The van der Waals surface area contributed by atoms with Crippen LogP contribution in [0.5, 0.6) is 0 Å². The molecular formula is C13H11ClF3N3O. The summed E-state index contributed by atoms with van der Waals surface area (Å²) in [7, 11) is 0. The first-order chi connectivity index (χ1) is 9.81. The molecule has 1 N–H and O–H groups in total. The number of halogens is 4. The number of carbonyl (C=O) groups is 1. The Balaban J connectivity index is 2.24. The van der Waals surface area contributed by atoms with E-state index in [2.05, 4.69) is 10.4 Å². The monoisotopic (exact) mass is 317 g/mol. The van der Waals surface area contributed by atoms with Crippen molar-refractivity contribution in [3.63, 3.8) is 0 Å². The first kappa shape index (κ1) is 15.4. The standard InChI is InChI=1S/C13H11ClF3N3O/c1-2-20-6-5-10(19-20)12(21)18-11-7-8(13(15,16)17)3-4-9(11)14/h3-7H,2H2,1H3,(H,18,21). The van der Waals surface area contributed by atoms with Crippen LogP contribution in [0.1, 0.15) is 23.0 Å². The number of aryl methyl sites for hydroxylation is 1. The topological polar surface area (TPSA) is 46.9 Å². The van der Waals surface area contributed by atoms with E-state index in [-0.39, 0.29) is 16.4 Å². The Morgan fingerprint density at radius 1 is 1.38 bits per heavy atom. The van der Waals surface area contributed by atoms with E-state index in [0.717, 1.165) is 18.2 Å². The van der Waals surface area contributed by atoms with Crippen molar-refractivity contribution >= 4 is 23.2 Å². The van der Waals surface area contributed by atoms with Crippen molar-refractivity contribution in [2.75, 3.05) is 5.32 Å². The number of aromatic nitrogens is 2. The lowest BCUT2D eigenvalue weighted by Crippen LogP contribution is -2.14. The molecule has 0 saturated heterocycles. The quantitative estimate of drug-likeness (QED) is 0.935. The average molecular weight is 318 g/mol. The second kappa shape index (κ2) is 5.77. The molecule has 2 rings (SSSR count). The maximum atomic E-state index is 12.6. The zero-order valence-corrected chi connectivity index (χ0v) is 11.7. The molecule has 0 aliphatic carbocycles. The van der Waals surface area contributed by atoms with Crippen LogP contribution >= 0.6 is 11.6 Å². The molecule has 0 radical (unpaired) electrons. The number of alkyl halides is 3. The van der Waals surface area contributed by atoms with E-state index in [1.54, 1.807) is 6.20 Å². The van der Waals surface area contributed by atoms with E-state index in [1.165, 1.54) is 10.7 Å². The summed E-state index contributed by atoms with van der Waals surface area (Å²) in [6.45, 7) is 2.43. The van der Waals surface area contributed by atoms with Gasteiger partial charge < -0.3 is 5.32 Å². The van der Waals surface area contributed by atoms with Gasteiger partial charge in [0, 0.05) is 12.7 Å². The molecule has 1 heterocycles. The first-order valence-corrected chi connectivity index (χ1v) is 6.40. The number of rotatable bonds is 3. The van der Waals surface area contributed by atoms with Crippen LogP contribution in [-0.2, 0) is 12.7 Å². The molecule has 0 spiro atoms. The second-order valence-electron chi connectivity index (χ2n) is 4.20. The first-order valence-electron chi connectivity index (χ1n) is 6.03. The third kappa shape index (κ3) is 3.55. The molecule has 8 heteroatoms. The highest BCUT2D eigenvalue weighted by atomic mass is 35.5. The van der Waals surface area contributed by atoms with Gasteiger partial charge in [-0.3, -0.25) is 9.48 Å². The molecule has 1 aromatic carbocycles. The molecule has 21 heavy (non-hydrogen) atoms. The number of anilines is 1. The van der Waals surface area contributed by atoms with Gasteiger partial charge in [-0.25, -0.2) is 0 Å². The largest absolute Gasteiger partial charge is 0.416 e. The normalized spacial score (nSPS) is 11.5. The van der Waals surface area contributed by atoms with Gasteiger partial charge in [-0.1, -0.05) is 11.6 Å². The lowest BCUT2D eigenvalue weighted by atomic mass is 10.2. The minimum atomic E-state index is -4.51. The number of hydrogen-bond donors (Lipinski definition) is 1. The van der Waals surface area contributed by atoms with E-state index in [0.29, 0.717) is 6.54 Å². The van der Waals surface area contributed by atoms with E-state index in [1.807, 2.05) is 6.92 Å². The fourth-order valence-corrected chi connectivity index (χ4v) is 1.81. The maximum absolute atomic E-state index is 12.6. The molecule has 0 aliphatic rings. The third-order valence-corrected chi connectivity index (χ3v) is 3.07. The fraction of sp³-hybridized carbons (Fsp3) is 0.231.